The van der Waals surface area contributed by atoms with Crippen molar-refractivity contribution in [3.05, 3.63) is 65.2 Å². The van der Waals surface area contributed by atoms with Crippen molar-refractivity contribution in [2.24, 2.45) is 0 Å². The Hall–Kier alpha value is -1.98. The number of nitrogens with zero attached hydrogens (tertiary/aromatic N) is 1. The molecule has 1 heterocycles. The van der Waals surface area contributed by atoms with E-state index in [9.17, 15) is 8.78 Å². The summed E-state index contributed by atoms with van der Waals surface area (Å²) in [7, 11) is 1.59. The van der Waals surface area contributed by atoms with Gasteiger partial charge < -0.3 is 10.1 Å². The second kappa shape index (κ2) is 7.73. The Morgan fingerprint density at radius 1 is 1.00 bits per heavy atom. The molecule has 24 heavy (non-hydrogen) atoms. The first-order chi connectivity index (χ1) is 11.7. The maximum Gasteiger partial charge on any atom is 0.124 e. The van der Waals surface area contributed by atoms with Crippen LogP contribution in [0.25, 0.3) is 0 Å². The molecule has 0 saturated carbocycles. The van der Waals surface area contributed by atoms with Gasteiger partial charge in [0.2, 0.25) is 0 Å². The lowest BCUT2D eigenvalue weighted by atomic mass is 9.95. The van der Waals surface area contributed by atoms with E-state index < -0.39 is 0 Å². The van der Waals surface area contributed by atoms with Crippen molar-refractivity contribution in [1.29, 1.82) is 0 Å². The minimum absolute atomic E-state index is 0.170. The van der Waals surface area contributed by atoms with Crippen LogP contribution in [0.5, 0.6) is 5.75 Å². The Bertz CT molecular complexity index is 668. The maximum absolute atomic E-state index is 13.9. The Morgan fingerprint density at radius 2 is 1.75 bits per heavy atom. The average molecular weight is 332 g/mol. The van der Waals surface area contributed by atoms with Crippen LogP contribution in [-0.4, -0.2) is 38.2 Å². The zero-order valence-corrected chi connectivity index (χ0v) is 13.8. The van der Waals surface area contributed by atoms with E-state index in [0.717, 1.165) is 43.7 Å². The van der Waals surface area contributed by atoms with Gasteiger partial charge in [0.1, 0.15) is 17.4 Å². The molecule has 1 atom stereocenters. The number of ether oxygens (including phenoxy) is 1. The van der Waals surface area contributed by atoms with E-state index in [-0.39, 0.29) is 17.7 Å². The molecule has 0 spiro atoms. The minimum atomic E-state index is -0.300. The molecule has 1 aliphatic rings. The zero-order valence-electron chi connectivity index (χ0n) is 13.8. The van der Waals surface area contributed by atoms with Gasteiger partial charge in [-0.15, -0.1) is 0 Å². The third-order valence-corrected chi connectivity index (χ3v) is 4.41. The fourth-order valence-electron chi connectivity index (χ4n) is 3.28. The van der Waals surface area contributed by atoms with Crippen LogP contribution in [0, 0.1) is 11.6 Å². The first-order valence-corrected chi connectivity index (χ1v) is 8.22. The summed E-state index contributed by atoms with van der Waals surface area (Å²) in [6, 6.07) is 10.8. The van der Waals surface area contributed by atoms with Crippen LogP contribution in [0.2, 0.25) is 0 Å². The van der Waals surface area contributed by atoms with E-state index in [1.807, 2.05) is 0 Å². The monoisotopic (exact) mass is 332 g/mol. The SMILES string of the molecule is COc1ccc(F)cc1C(c1ccc(F)cc1)N1CCCNCC1. The number of hydrogen-bond acceptors (Lipinski definition) is 3. The zero-order chi connectivity index (χ0) is 16.9. The topological polar surface area (TPSA) is 24.5 Å². The van der Waals surface area contributed by atoms with E-state index in [1.165, 1.54) is 24.3 Å². The molecule has 128 valence electrons. The number of benzene rings is 2. The Morgan fingerprint density at radius 3 is 2.50 bits per heavy atom. The lowest BCUT2D eigenvalue weighted by Crippen LogP contribution is -2.33. The van der Waals surface area contributed by atoms with E-state index in [0.29, 0.717) is 5.75 Å². The van der Waals surface area contributed by atoms with Gasteiger partial charge in [-0.2, -0.15) is 0 Å². The largest absolute Gasteiger partial charge is 0.496 e. The number of rotatable bonds is 4. The summed E-state index contributed by atoms with van der Waals surface area (Å²) < 4.78 is 32.8. The van der Waals surface area contributed by atoms with Crippen molar-refractivity contribution in [1.82, 2.24) is 10.2 Å². The van der Waals surface area contributed by atoms with Gasteiger partial charge in [0, 0.05) is 25.2 Å². The average Bonchev–Trinajstić information content (AvgIpc) is 2.86. The second-order valence-electron chi connectivity index (χ2n) is 5.98. The molecule has 1 fully saturated rings. The first kappa shape index (κ1) is 16.9. The molecule has 5 heteroatoms. The van der Waals surface area contributed by atoms with E-state index >= 15 is 0 Å². The summed E-state index contributed by atoms with van der Waals surface area (Å²) in [5.41, 5.74) is 1.70. The molecular formula is C19H22F2N2O. The van der Waals surface area contributed by atoms with Gasteiger partial charge in [-0.3, -0.25) is 4.90 Å². The number of methoxy groups -OCH3 is 1. The number of halogens is 2. The van der Waals surface area contributed by atoms with Gasteiger partial charge in [-0.05, 0) is 48.9 Å². The van der Waals surface area contributed by atoms with Gasteiger partial charge in [0.05, 0.1) is 13.2 Å². The summed E-state index contributed by atoms with van der Waals surface area (Å²) in [5, 5.41) is 3.38. The smallest absolute Gasteiger partial charge is 0.124 e. The molecule has 0 bridgehead atoms. The molecule has 1 N–H and O–H groups in total. The van der Waals surface area contributed by atoms with Crippen LogP contribution in [0.4, 0.5) is 8.78 Å². The molecule has 2 aromatic rings. The van der Waals surface area contributed by atoms with Gasteiger partial charge in [-0.25, -0.2) is 8.78 Å². The summed E-state index contributed by atoms with van der Waals surface area (Å²) >= 11 is 0. The maximum atomic E-state index is 13.9. The van der Waals surface area contributed by atoms with E-state index in [4.69, 9.17) is 4.74 Å². The third kappa shape index (κ3) is 3.74. The van der Waals surface area contributed by atoms with Crippen LogP contribution in [0.3, 0.4) is 0 Å². The second-order valence-corrected chi connectivity index (χ2v) is 5.98. The van der Waals surface area contributed by atoms with Gasteiger partial charge in [0.25, 0.3) is 0 Å². The number of hydrogen-bond donors (Lipinski definition) is 1. The predicted molar refractivity (Wildman–Crippen MR) is 90.3 cm³/mol. The van der Waals surface area contributed by atoms with Crippen molar-refractivity contribution in [3.63, 3.8) is 0 Å². The molecular weight excluding hydrogens is 310 g/mol. The molecule has 1 unspecified atom stereocenters. The van der Waals surface area contributed by atoms with Gasteiger partial charge in [0.15, 0.2) is 0 Å². The summed E-state index contributed by atoms with van der Waals surface area (Å²) in [5.74, 6) is 0.0648. The highest BCUT2D eigenvalue weighted by molar-refractivity contribution is 5.42. The normalized spacial score (nSPS) is 17.3. The molecule has 2 aromatic carbocycles. The molecule has 0 aromatic heterocycles. The summed E-state index contributed by atoms with van der Waals surface area (Å²) in [4.78, 5) is 2.30. The fourth-order valence-corrected chi connectivity index (χ4v) is 3.28. The molecule has 3 nitrogen and oxygen atoms in total. The quantitative estimate of drug-likeness (QED) is 0.929. The molecule has 1 saturated heterocycles. The highest BCUT2D eigenvalue weighted by Gasteiger charge is 2.26. The first-order valence-electron chi connectivity index (χ1n) is 8.22. The highest BCUT2D eigenvalue weighted by atomic mass is 19.1. The lowest BCUT2D eigenvalue weighted by molar-refractivity contribution is 0.235. The molecule has 1 aliphatic heterocycles. The standard InChI is InChI=1S/C19H22F2N2O/c1-24-18-8-7-16(21)13-17(18)19(14-3-5-15(20)6-4-14)23-11-2-9-22-10-12-23/h3-8,13,19,22H,2,9-12H2,1H3. The van der Waals surface area contributed by atoms with E-state index in [1.54, 1.807) is 25.3 Å². The third-order valence-electron chi connectivity index (χ3n) is 4.41. The Labute approximate surface area is 141 Å². The molecule has 0 radical (unpaired) electrons. The van der Waals surface area contributed by atoms with Crippen molar-refractivity contribution >= 4 is 0 Å². The van der Waals surface area contributed by atoms with Crippen LogP contribution < -0.4 is 10.1 Å². The van der Waals surface area contributed by atoms with Crippen molar-refractivity contribution in [3.8, 4) is 5.75 Å². The predicted octanol–water partition coefficient (Wildman–Crippen LogP) is 3.36. The van der Waals surface area contributed by atoms with Crippen LogP contribution in [0.1, 0.15) is 23.6 Å². The fraction of sp³-hybridized carbons (Fsp3) is 0.368. The Balaban J connectivity index is 2.07. The van der Waals surface area contributed by atoms with Crippen molar-refractivity contribution in [2.45, 2.75) is 12.5 Å². The van der Waals surface area contributed by atoms with E-state index in [2.05, 4.69) is 10.2 Å². The highest BCUT2D eigenvalue weighted by Crippen LogP contribution is 2.35. The Kier molecular flexibility index (Phi) is 5.43. The molecule has 3 rings (SSSR count). The summed E-state index contributed by atoms with van der Waals surface area (Å²) in [6.45, 7) is 3.55. The summed E-state index contributed by atoms with van der Waals surface area (Å²) in [6.07, 6.45) is 1.01. The lowest BCUT2D eigenvalue weighted by Gasteiger charge is -2.32. The van der Waals surface area contributed by atoms with Crippen LogP contribution in [-0.2, 0) is 0 Å². The van der Waals surface area contributed by atoms with Gasteiger partial charge >= 0.3 is 0 Å². The van der Waals surface area contributed by atoms with Crippen molar-refractivity contribution < 1.29 is 13.5 Å². The van der Waals surface area contributed by atoms with Crippen molar-refractivity contribution in [2.75, 3.05) is 33.3 Å². The number of nitrogens with one attached hydrogen (secondary N) is 1. The minimum Gasteiger partial charge on any atom is -0.496 e. The molecule has 0 amide bonds. The molecule has 0 aliphatic carbocycles. The van der Waals surface area contributed by atoms with Gasteiger partial charge in [-0.1, -0.05) is 12.1 Å². The van der Waals surface area contributed by atoms with Crippen LogP contribution >= 0.6 is 0 Å². The van der Waals surface area contributed by atoms with Crippen LogP contribution in [0.15, 0.2) is 42.5 Å².